The first kappa shape index (κ1) is 21.7. The van der Waals surface area contributed by atoms with Gasteiger partial charge in [0.05, 0.1) is 11.7 Å². The highest BCUT2D eigenvalue weighted by Crippen LogP contribution is 2.66. The lowest BCUT2D eigenvalue weighted by Gasteiger charge is -2.56. The zero-order valence-corrected chi connectivity index (χ0v) is 19.3. The van der Waals surface area contributed by atoms with Crippen LogP contribution in [0.5, 0.6) is 0 Å². The number of hydrogen-bond acceptors (Lipinski definition) is 4. The molecule has 0 aromatic carbocycles. The van der Waals surface area contributed by atoms with E-state index in [1.54, 1.807) is 5.57 Å². The smallest absolute Gasteiger partial charge is 0.220 e. The van der Waals surface area contributed by atoms with Gasteiger partial charge in [-0.05, 0) is 88.1 Å². The van der Waals surface area contributed by atoms with Crippen LogP contribution in [0.15, 0.2) is 23.3 Å². The van der Waals surface area contributed by atoms with Crippen LogP contribution < -0.4 is 5.73 Å². The van der Waals surface area contributed by atoms with Crippen LogP contribution in [0.3, 0.4) is 0 Å². The van der Waals surface area contributed by atoms with Crippen LogP contribution in [0.4, 0.5) is 0 Å². The van der Waals surface area contributed by atoms with Crippen LogP contribution in [0.1, 0.15) is 71.6 Å². The van der Waals surface area contributed by atoms with Gasteiger partial charge in [0.15, 0.2) is 0 Å². The van der Waals surface area contributed by atoms with Crippen LogP contribution in [0.25, 0.3) is 0 Å². The van der Waals surface area contributed by atoms with Gasteiger partial charge in [-0.3, -0.25) is 4.79 Å². The number of nitrogens with zero attached hydrogens (tertiary/aromatic N) is 1. The third kappa shape index (κ3) is 3.26. The van der Waals surface area contributed by atoms with E-state index in [1.807, 2.05) is 0 Å². The third-order valence-electron chi connectivity index (χ3n) is 10.3. The Balaban J connectivity index is 1.36. The van der Waals surface area contributed by atoms with E-state index in [2.05, 4.69) is 30.9 Å². The topological polar surface area (TPSA) is 86.8 Å². The lowest BCUT2D eigenvalue weighted by atomic mass is 9.50. The fraction of sp³-hybridized carbons (Fsp3) is 0.808. The molecule has 1 heterocycles. The number of fused-ring (bicyclic) bond motifs is 5. The minimum Gasteiger partial charge on any atom is -0.393 e. The highest BCUT2D eigenvalue weighted by molar-refractivity contribution is 5.76. The van der Waals surface area contributed by atoms with Crippen molar-refractivity contribution in [2.45, 2.75) is 83.3 Å². The number of aliphatic hydroxyl groups excluding tert-OH is 1. The average molecular weight is 429 g/mol. The Bertz CT molecular complexity index is 813. The predicted molar refractivity (Wildman–Crippen MR) is 121 cm³/mol. The first-order valence-electron chi connectivity index (χ1n) is 12.5. The number of hydrogen-bond donors (Lipinski definition) is 3. The standard InChI is InChI=1S/C26H40N2O3/c1-24-10-5-19(29)15-18(24)3-4-20-21(24)6-11-25(2)22(20)7-12-26(25,31)16-28-13-8-17(9-14-28)23(27)30/h3-4,17,19,21-22,29,31H,5-16H2,1-2H3,(H2,27,30). The zero-order chi connectivity index (χ0) is 22.0. The van der Waals surface area contributed by atoms with Crippen LogP contribution in [0.2, 0.25) is 0 Å². The second-order valence-electron chi connectivity index (χ2n) is 11.8. The summed E-state index contributed by atoms with van der Waals surface area (Å²) < 4.78 is 0. The van der Waals surface area contributed by atoms with Crippen molar-refractivity contribution < 1.29 is 15.0 Å². The van der Waals surface area contributed by atoms with Gasteiger partial charge in [0.25, 0.3) is 0 Å². The zero-order valence-electron chi connectivity index (χ0n) is 19.3. The maximum absolute atomic E-state index is 12.0. The number of carbonyl (C=O) groups is 1. The van der Waals surface area contributed by atoms with E-state index in [1.165, 1.54) is 5.57 Å². The molecule has 5 heteroatoms. The lowest BCUT2D eigenvalue weighted by molar-refractivity contribution is -0.125. The predicted octanol–water partition coefficient (Wildman–Crippen LogP) is 3.16. The van der Waals surface area contributed by atoms with Crippen LogP contribution in [-0.2, 0) is 4.79 Å². The molecule has 1 saturated heterocycles. The minimum atomic E-state index is -0.670. The van der Waals surface area contributed by atoms with E-state index in [9.17, 15) is 15.0 Å². The molecule has 6 unspecified atom stereocenters. The van der Waals surface area contributed by atoms with Crippen molar-refractivity contribution in [3.63, 3.8) is 0 Å². The summed E-state index contributed by atoms with van der Waals surface area (Å²) in [6.45, 7) is 7.19. The summed E-state index contributed by atoms with van der Waals surface area (Å²) >= 11 is 0. The fourth-order valence-electron chi connectivity index (χ4n) is 8.10. The summed E-state index contributed by atoms with van der Waals surface area (Å²) in [4.78, 5) is 13.9. The maximum Gasteiger partial charge on any atom is 0.220 e. The number of likely N-dealkylation sites (tertiary alicyclic amines) is 1. The number of allylic oxidation sites excluding steroid dienone is 3. The van der Waals surface area contributed by atoms with Crippen LogP contribution >= 0.6 is 0 Å². The third-order valence-corrected chi connectivity index (χ3v) is 10.3. The first-order valence-corrected chi connectivity index (χ1v) is 12.5. The molecule has 5 nitrogen and oxygen atoms in total. The van der Waals surface area contributed by atoms with E-state index in [4.69, 9.17) is 5.73 Å². The van der Waals surface area contributed by atoms with Gasteiger partial charge < -0.3 is 20.8 Å². The monoisotopic (exact) mass is 428 g/mol. The summed E-state index contributed by atoms with van der Waals surface area (Å²) in [5, 5.41) is 22.2. The Morgan fingerprint density at radius 3 is 2.48 bits per heavy atom. The number of nitrogens with two attached hydrogens (primary N) is 1. The molecule has 0 aromatic rings. The van der Waals surface area contributed by atoms with Crippen LogP contribution in [0, 0.1) is 28.6 Å². The van der Waals surface area contributed by atoms with Crippen molar-refractivity contribution in [2.24, 2.45) is 34.3 Å². The molecule has 6 atom stereocenters. The molecule has 172 valence electrons. The Morgan fingerprint density at radius 1 is 1.06 bits per heavy atom. The first-order chi connectivity index (χ1) is 14.7. The lowest BCUT2D eigenvalue weighted by Crippen LogP contribution is -2.57. The number of amides is 1. The summed E-state index contributed by atoms with van der Waals surface area (Å²) in [5.41, 5.74) is 7.94. The number of primary amides is 1. The largest absolute Gasteiger partial charge is 0.393 e. The van der Waals surface area contributed by atoms with Gasteiger partial charge in [-0.2, -0.15) is 0 Å². The number of aliphatic hydroxyl groups is 2. The van der Waals surface area contributed by atoms with Gasteiger partial charge in [-0.1, -0.05) is 37.1 Å². The Hall–Kier alpha value is -1.17. The molecular weight excluding hydrogens is 388 g/mol. The summed E-state index contributed by atoms with van der Waals surface area (Å²) in [6.07, 6.45) is 13.1. The Morgan fingerprint density at radius 2 is 1.77 bits per heavy atom. The summed E-state index contributed by atoms with van der Waals surface area (Å²) in [7, 11) is 0. The molecule has 1 aliphatic heterocycles. The Kier molecular flexibility index (Phi) is 5.19. The second-order valence-corrected chi connectivity index (χ2v) is 11.8. The van der Waals surface area contributed by atoms with Crippen molar-refractivity contribution in [3.8, 4) is 0 Å². The van der Waals surface area contributed by atoms with Gasteiger partial charge >= 0.3 is 0 Å². The van der Waals surface area contributed by atoms with E-state index >= 15 is 0 Å². The molecule has 4 fully saturated rings. The molecule has 1 amide bonds. The molecule has 5 aliphatic rings. The van der Waals surface area contributed by atoms with E-state index in [-0.39, 0.29) is 28.8 Å². The molecule has 3 saturated carbocycles. The number of rotatable bonds is 3. The molecule has 0 aromatic heterocycles. The van der Waals surface area contributed by atoms with Crippen molar-refractivity contribution in [2.75, 3.05) is 19.6 Å². The van der Waals surface area contributed by atoms with E-state index < -0.39 is 5.60 Å². The molecule has 31 heavy (non-hydrogen) atoms. The molecule has 5 rings (SSSR count). The molecule has 0 spiro atoms. The van der Waals surface area contributed by atoms with Gasteiger partial charge in [-0.25, -0.2) is 0 Å². The normalized spacial score (nSPS) is 45.9. The van der Waals surface area contributed by atoms with Crippen molar-refractivity contribution in [1.29, 1.82) is 0 Å². The van der Waals surface area contributed by atoms with Crippen molar-refractivity contribution >= 4 is 5.91 Å². The van der Waals surface area contributed by atoms with Crippen molar-refractivity contribution in [1.82, 2.24) is 4.90 Å². The van der Waals surface area contributed by atoms with Gasteiger partial charge in [0.1, 0.15) is 0 Å². The van der Waals surface area contributed by atoms with Crippen molar-refractivity contribution in [3.05, 3.63) is 23.3 Å². The van der Waals surface area contributed by atoms with Gasteiger partial charge in [0, 0.05) is 17.9 Å². The number of carbonyl (C=O) groups excluding carboxylic acids is 1. The highest BCUT2D eigenvalue weighted by Gasteiger charge is 2.62. The van der Waals surface area contributed by atoms with Crippen LogP contribution in [-0.4, -0.2) is 52.4 Å². The highest BCUT2D eigenvalue weighted by atomic mass is 16.3. The summed E-state index contributed by atoms with van der Waals surface area (Å²) in [6, 6.07) is 0. The summed E-state index contributed by atoms with van der Waals surface area (Å²) in [5.74, 6) is 0.828. The average Bonchev–Trinajstić information content (AvgIpc) is 2.99. The second kappa shape index (κ2) is 7.43. The van der Waals surface area contributed by atoms with E-state index in [0.717, 1.165) is 70.9 Å². The SMILES string of the molecule is CC12CCC(O)CC1=CC=C1C2CCC2(C)C1CCC2(O)CN1CCC(C(N)=O)CC1. The minimum absolute atomic E-state index is 0.00335. The Labute approximate surface area is 186 Å². The van der Waals surface area contributed by atoms with E-state index in [0.29, 0.717) is 18.4 Å². The number of piperidine rings is 1. The fourth-order valence-corrected chi connectivity index (χ4v) is 8.10. The molecule has 0 radical (unpaired) electrons. The van der Waals surface area contributed by atoms with Gasteiger partial charge in [-0.15, -0.1) is 0 Å². The quantitative estimate of drug-likeness (QED) is 0.644. The number of β-amino-alcohol motifs (C(OH)–C–C–N with tert-alkyl or cyclic N) is 1. The maximum atomic E-state index is 12.0. The molecule has 0 bridgehead atoms. The molecular formula is C26H40N2O3. The molecule has 4 aliphatic carbocycles. The van der Waals surface area contributed by atoms with Gasteiger partial charge in [0.2, 0.25) is 5.91 Å². The molecule has 4 N–H and O–H groups in total.